The third kappa shape index (κ3) is 4.49. The van der Waals surface area contributed by atoms with Crippen molar-refractivity contribution >= 4 is 10.1 Å². The van der Waals surface area contributed by atoms with E-state index in [0.717, 1.165) is 0 Å². The Bertz CT molecular complexity index is 270. The Morgan fingerprint density at radius 2 is 1.93 bits per heavy atom. The van der Waals surface area contributed by atoms with Crippen molar-refractivity contribution in [1.82, 2.24) is 5.32 Å². The molecular weight excluding hydrogens is 214 g/mol. The SMILES string of the molecule is CCC(NCC1CCCCC1)S(=O)(=O)O. The van der Waals surface area contributed by atoms with Crippen molar-refractivity contribution in [2.45, 2.75) is 50.8 Å². The summed E-state index contributed by atoms with van der Waals surface area (Å²) in [6.07, 6.45) is 6.55. The molecule has 1 saturated carbocycles. The lowest BCUT2D eigenvalue weighted by Crippen LogP contribution is -2.39. The van der Waals surface area contributed by atoms with Gasteiger partial charge in [-0.2, -0.15) is 8.42 Å². The number of hydrogen-bond acceptors (Lipinski definition) is 3. The minimum atomic E-state index is -3.93. The van der Waals surface area contributed by atoms with Crippen molar-refractivity contribution in [2.24, 2.45) is 5.92 Å². The van der Waals surface area contributed by atoms with E-state index in [4.69, 9.17) is 4.55 Å². The van der Waals surface area contributed by atoms with E-state index in [1.807, 2.05) is 0 Å². The van der Waals surface area contributed by atoms with Gasteiger partial charge in [0.05, 0.1) is 0 Å². The van der Waals surface area contributed by atoms with Crippen LogP contribution in [0.3, 0.4) is 0 Å². The van der Waals surface area contributed by atoms with E-state index in [9.17, 15) is 8.42 Å². The number of hydrogen-bond donors (Lipinski definition) is 2. The zero-order valence-corrected chi connectivity index (χ0v) is 10.1. The molecule has 0 saturated heterocycles. The summed E-state index contributed by atoms with van der Waals surface area (Å²) in [6.45, 7) is 2.46. The summed E-state index contributed by atoms with van der Waals surface area (Å²) in [7, 11) is -3.93. The fourth-order valence-corrected chi connectivity index (χ4v) is 2.88. The van der Waals surface area contributed by atoms with Crippen LogP contribution in [0.25, 0.3) is 0 Å². The average molecular weight is 235 g/mol. The van der Waals surface area contributed by atoms with Gasteiger partial charge in [-0.25, -0.2) is 0 Å². The standard InChI is InChI=1S/C10H21NO3S/c1-2-10(15(12,13)14)11-8-9-6-4-3-5-7-9/h9-11H,2-8H2,1H3,(H,12,13,14). The molecule has 2 N–H and O–H groups in total. The van der Waals surface area contributed by atoms with E-state index in [1.165, 1.54) is 32.1 Å². The predicted octanol–water partition coefficient (Wildman–Crippen LogP) is 1.78. The van der Waals surface area contributed by atoms with E-state index in [2.05, 4.69) is 5.32 Å². The lowest BCUT2D eigenvalue weighted by Gasteiger charge is -2.23. The fraction of sp³-hybridized carbons (Fsp3) is 1.00. The Balaban J connectivity index is 2.33. The summed E-state index contributed by atoms with van der Waals surface area (Å²) in [5.74, 6) is 0.578. The highest BCUT2D eigenvalue weighted by Gasteiger charge is 2.22. The number of nitrogens with one attached hydrogen (secondary N) is 1. The molecule has 1 unspecified atom stereocenters. The summed E-state index contributed by atoms with van der Waals surface area (Å²) in [5, 5.41) is 2.15. The maximum Gasteiger partial charge on any atom is 0.281 e. The van der Waals surface area contributed by atoms with Gasteiger partial charge in [-0.3, -0.25) is 9.87 Å². The van der Waals surface area contributed by atoms with Crippen molar-refractivity contribution in [3.63, 3.8) is 0 Å². The first-order valence-electron chi connectivity index (χ1n) is 5.73. The first-order valence-corrected chi connectivity index (χ1v) is 7.24. The molecule has 0 aromatic rings. The van der Waals surface area contributed by atoms with Gasteiger partial charge >= 0.3 is 0 Å². The lowest BCUT2D eigenvalue weighted by atomic mass is 9.89. The molecule has 1 fully saturated rings. The summed E-state index contributed by atoms with van der Waals surface area (Å²) in [6, 6.07) is 0. The minimum absolute atomic E-state index is 0.408. The molecule has 0 heterocycles. The van der Waals surface area contributed by atoms with Crippen LogP contribution >= 0.6 is 0 Å². The largest absolute Gasteiger partial charge is 0.299 e. The first kappa shape index (κ1) is 12.9. The zero-order chi connectivity index (χ0) is 11.3. The topological polar surface area (TPSA) is 66.4 Å². The monoisotopic (exact) mass is 235 g/mol. The van der Waals surface area contributed by atoms with Crippen molar-refractivity contribution in [3.8, 4) is 0 Å². The third-order valence-corrected chi connectivity index (χ3v) is 4.31. The van der Waals surface area contributed by atoms with Crippen molar-refractivity contribution < 1.29 is 13.0 Å². The van der Waals surface area contributed by atoms with E-state index >= 15 is 0 Å². The van der Waals surface area contributed by atoms with Crippen LogP contribution in [0, 0.1) is 5.92 Å². The van der Waals surface area contributed by atoms with Crippen LogP contribution in [-0.4, -0.2) is 24.9 Å². The van der Waals surface area contributed by atoms with Gasteiger partial charge in [0.1, 0.15) is 5.37 Å². The molecular formula is C10H21NO3S. The highest BCUT2D eigenvalue weighted by molar-refractivity contribution is 7.86. The Labute approximate surface area is 92.2 Å². The smallest absolute Gasteiger partial charge is 0.281 e. The maximum absolute atomic E-state index is 10.9. The van der Waals surface area contributed by atoms with Gasteiger partial charge in [-0.1, -0.05) is 26.2 Å². The molecule has 1 aliphatic carbocycles. The van der Waals surface area contributed by atoms with Gasteiger partial charge in [0, 0.05) is 0 Å². The normalized spacial score (nSPS) is 21.5. The Morgan fingerprint density at radius 3 is 2.40 bits per heavy atom. The number of rotatable bonds is 5. The maximum atomic E-state index is 10.9. The highest BCUT2D eigenvalue weighted by Crippen LogP contribution is 2.23. The van der Waals surface area contributed by atoms with Crippen molar-refractivity contribution in [2.75, 3.05) is 6.54 Å². The Hall–Kier alpha value is -0.130. The Kier molecular flexibility index (Phi) is 5.02. The zero-order valence-electron chi connectivity index (χ0n) is 9.28. The molecule has 0 aromatic carbocycles. The van der Waals surface area contributed by atoms with Gasteiger partial charge in [0.15, 0.2) is 0 Å². The second kappa shape index (κ2) is 5.82. The second-order valence-corrected chi connectivity index (χ2v) is 5.92. The third-order valence-electron chi connectivity index (χ3n) is 3.09. The van der Waals surface area contributed by atoms with E-state index in [-0.39, 0.29) is 0 Å². The van der Waals surface area contributed by atoms with Crippen LogP contribution in [0.1, 0.15) is 45.4 Å². The summed E-state index contributed by atoms with van der Waals surface area (Å²) >= 11 is 0. The van der Waals surface area contributed by atoms with E-state index in [1.54, 1.807) is 6.92 Å². The molecule has 0 amide bonds. The van der Waals surface area contributed by atoms with Crippen LogP contribution in [0.15, 0.2) is 0 Å². The lowest BCUT2D eigenvalue weighted by molar-refractivity contribution is 0.333. The fourth-order valence-electron chi connectivity index (χ4n) is 2.15. The van der Waals surface area contributed by atoms with Gasteiger partial charge in [-0.05, 0) is 31.7 Å². The molecule has 1 atom stereocenters. The summed E-state index contributed by atoms with van der Waals surface area (Å²) in [4.78, 5) is 0. The van der Waals surface area contributed by atoms with E-state index in [0.29, 0.717) is 18.9 Å². The Morgan fingerprint density at radius 1 is 1.33 bits per heavy atom. The summed E-state index contributed by atoms with van der Waals surface area (Å²) in [5.41, 5.74) is 0. The second-order valence-electron chi connectivity index (χ2n) is 4.32. The highest BCUT2D eigenvalue weighted by atomic mass is 32.2. The predicted molar refractivity (Wildman–Crippen MR) is 60.2 cm³/mol. The van der Waals surface area contributed by atoms with Crippen LogP contribution in [-0.2, 0) is 10.1 Å². The molecule has 0 radical (unpaired) electrons. The molecule has 1 rings (SSSR count). The van der Waals surface area contributed by atoms with E-state index < -0.39 is 15.5 Å². The molecule has 0 aliphatic heterocycles. The molecule has 4 nitrogen and oxygen atoms in total. The molecule has 1 aliphatic rings. The van der Waals surface area contributed by atoms with Crippen LogP contribution in [0.4, 0.5) is 0 Å². The van der Waals surface area contributed by atoms with Gasteiger partial charge in [0.2, 0.25) is 0 Å². The molecule has 90 valence electrons. The van der Waals surface area contributed by atoms with Crippen molar-refractivity contribution in [3.05, 3.63) is 0 Å². The average Bonchev–Trinajstić information content (AvgIpc) is 2.18. The molecule has 0 aromatic heterocycles. The quantitative estimate of drug-likeness (QED) is 0.713. The van der Waals surface area contributed by atoms with Crippen LogP contribution in [0.5, 0.6) is 0 Å². The van der Waals surface area contributed by atoms with Crippen molar-refractivity contribution in [1.29, 1.82) is 0 Å². The van der Waals surface area contributed by atoms with Gasteiger partial charge in [-0.15, -0.1) is 0 Å². The van der Waals surface area contributed by atoms with Gasteiger partial charge in [0.25, 0.3) is 10.1 Å². The first-order chi connectivity index (χ1) is 7.04. The van der Waals surface area contributed by atoms with Crippen LogP contribution in [0.2, 0.25) is 0 Å². The molecule has 15 heavy (non-hydrogen) atoms. The minimum Gasteiger partial charge on any atom is -0.299 e. The molecule has 5 heteroatoms. The molecule has 0 spiro atoms. The summed E-state index contributed by atoms with van der Waals surface area (Å²) < 4.78 is 30.8. The van der Waals surface area contributed by atoms with Gasteiger partial charge < -0.3 is 0 Å². The van der Waals surface area contributed by atoms with Crippen LogP contribution < -0.4 is 5.32 Å². The molecule has 0 bridgehead atoms.